The van der Waals surface area contributed by atoms with Gasteiger partial charge in [-0.3, -0.25) is 9.59 Å². The molecule has 0 radical (unpaired) electrons. The highest BCUT2D eigenvalue weighted by Gasteiger charge is 2.60. The predicted molar refractivity (Wildman–Crippen MR) is 247 cm³/mol. The van der Waals surface area contributed by atoms with Crippen molar-refractivity contribution in [2.24, 2.45) is 10.8 Å². The summed E-state index contributed by atoms with van der Waals surface area (Å²) in [7, 11) is 0. The molecule has 6 aliphatic heterocycles. The van der Waals surface area contributed by atoms with Crippen LogP contribution in [-0.2, 0) is 30.3 Å². The monoisotopic (exact) mass is 913 g/mol. The molecular weight excluding hydrogens is 839 g/mol. The second-order valence-electron chi connectivity index (χ2n) is 23.1. The molecule has 6 saturated heterocycles. The Bertz CT molecular complexity index is 1940. The van der Waals surface area contributed by atoms with Crippen LogP contribution < -0.4 is 0 Å². The number of likely N-dealkylation sites (tertiary alicyclic amines) is 4. The van der Waals surface area contributed by atoms with E-state index in [2.05, 4.69) is 58.3 Å². The molecule has 2 aromatic rings. The van der Waals surface area contributed by atoms with E-state index in [-0.39, 0.29) is 22.6 Å². The van der Waals surface area contributed by atoms with Crippen LogP contribution in [0.5, 0.6) is 0 Å². The summed E-state index contributed by atoms with van der Waals surface area (Å²) < 4.78 is 39.3. The van der Waals surface area contributed by atoms with Gasteiger partial charge in [-0.25, -0.2) is 8.78 Å². The maximum absolute atomic E-state index is 14.1. The number of amides is 2. The van der Waals surface area contributed by atoms with Crippen molar-refractivity contribution in [3.8, 4) is 0 Å². The number of piperidine rings is 2. The zero-order valence-electron chi connectivity index (χ0n) is 39.2. The lowest BCUT2D eigenvalue weighted by atomic mass is 9.77. The topological polar surface area (TPSA) is 106 Å². The summed E-state index contributed by atoms with van der Waals surface area (Å²) >= 11 is 0. The van der Waals surface area contributed by atoms with Crippen LogP contribution >= 0.6 is 0 Å². The maximum Gasteiger partial charge on any atom is 0.260 e. The Balaban J connectivity index is 0.000000146. The van der Waals surface area contributed by atoms with Gasteiger partial charge < -0.3 is 39.3 Å². The largest absolute Gasteiger partial charge is 0.385 e. The van der Waals surface area contributed by atoms with Crippen molar-refractivity contribution in [2.75, 3.05) is 78.8 Å². The summed E-state index contributed by atoms with van der Waals surface area (Å²) in [6, 6.07) is 18.2. The molecule has 6 heterocycles. The minimum absolute atomic E-state index is 0.237. The number of hydrogen-bond acceptors (Lipinski definition) is 8. The number of hydrogen-bond donors (Lipinski definition) is 2. The Labute approximate surface area is 390 Å². The standard InChI is InChI=1S/2C27H37FN2O3/c2*28-26(9-10-26)24(31)30-18-25(19-30)8-5-21(17-25)29-13-6-20(7-14-29)22-3-1-2-4-23(22)27(32)11-15-33-16-12-27/h2*1-4,20-21,32H,5-19H2/t2*21-/m10/s1. The fourth-order valence-corrected chi connectivity index (χ4v) is 14.2. The average Bonchev–Trinajstić information content (AvgIpc) is 4.14. The van der Waals surface area contributed by atoms with Crippen LogP contribution in [-0.4, -0.2) is 144 Å². The predicted octanol–water partition coefficient (Wildman–Crippen LogP) is 7.49. The van der Waals surface area contributed by atoms with Crippen molar-refractivity contribution < 1.29 is 38.1 Å². The van der Waals surface area contributed by atoms with E-state index >= 15 is 0 Å². The number of halogens is 2. The second-order valence-corrected chi connectivity index (χ2v) is 23.1. The molecule has 2 spiro atoms. The first-order chi connectivity index (χ1) is 31.8. The molecule has 10 nitrogen and oxygen atoms in total. The highest BCUT2D eigenvalue weighted by Crippen LogP contribution is 2.53. The number of carbonyl (C=O) groups excluding carboxylic acids is 2. The smallest absolute Gasteiger partial charge is 0.260 e. The third-order valence-electron chi connectivity index (χ3n) is 18.7. The average molecular weight is 913 g/mol. The first-order valence-electron chi connectivity index (χ1n) is 26.0. The van der Waals surface area contributed by atoms with Crippen molar-refractivity contribution in [3.63, 3.8) is 0 Å². The number of carbonyl (C=O) groups is 2. The highest BCUT2D eigenvalue weighted by molar-refractivity contribution is 5.89. The van der Waals surface area contributed by atoms with Gasteiger partial charge in [0.1, 0.15) is 0 Å². The lowest BCUT2D eigenvalue weighted by Crippen LogP contribution is -2.60. The van der Waals surface area contributed by atoms with Gasteiger partial charge in [0.25, 0.3) is 11.8 Å². The van der Waals surface area contributed by atoms with E-state index in [1.54, 1.807) is 9.80 Å². The number of aliphatic hydroxyl groups is 2. The number of nitrogens with zero attached hydrogens (tertiary/aromatic N) is 4. The van der Waals surface area contributed by atoms with Crippen LogP contribution in [0.25, 0.3) is 0 Å². The van der Waals surface area contributed by atoms with Crippen molar-refractivity contribution in [2.45, 2.75) is 162 Å². The molecular formula is C54H74F2N4O6. The van der Waals surface area contributed by atoms with Crippen molar-refractivity contribution in [1.29, 1.82) is 0 Å². The number of alkyl halides is 2. The summed E-state index contributed by atoms with van der Waals surface area (Å²) in [6.07, 6.45) is 15.9. The van der Waals surface area contributed by atoms with Crippen molar-refractivity contribution in [3.05, 3.63) is 70.8 Å². The Kier molecular flexibility index (Phi) is 12.0. The molecule has 10 fully saturated rings. The molecule has 0 bridgehead atoms. The molecule has 66 heavy (non-hydrogen) atoms. The van der Waals surface area contributed by atoms with Crippen molar-refractivity contribution >= 4 is 11.8 Å². The van der Waals surface area contributed by atoms with E-state index in [1.807, 2.05) is 0 Å². The second kappa shape index (κ2) is 17.4. The fraction of sp³-hybridized carbons (Fsp3) is 0.741. The highest BCUT2D eigenvalue weighted by atomic mass is 19.1. The van der Waals surface area contributed by atoms with Gasteiger partial charge in [-0.2, -0.15) is 0 Å². The summed E-state index contributed by atoms with van der Waals surface area (Å²) in [4.78, 5) is 33.5. The Morgan fingerprint density at radius 2 is 0.848 bits per heavy atom. The minimum Gasteiger partial charge on any atom is -0.385 e. The molecule has 0 aromatic heterocycles. The molecule has 4 saturated carbocycles. The van der Waals surface area contributed by atoms with Crippen LogP contribution in [0.2, 0.25) is 0 Å². The zero-order chi connectivity index (χ0) is 45.4. The molecule has 12 heteroatoms. The maximum atomic E-state index is 14.1. The lowest BCUT2D eigenvalue weighted by Gasteiger charge is -2.49. The molecule has 10 aliphatic rings. The van der Waals surface area contributed by atoms with E-state index in [1.165, 1.54) is 36.8 Å². The van der Waals surface area contributed by atoms with Gasteiger partial charge in [0.15, 0.2) is 11.3 Å². The van der Waals surface area contributed by atoms with Crippen LogP contribution in [0.4, 0.5) is 8.78 Å². The molecule has 2 aromatic carbocycles. The first kappa shape index (κ1) is 45.4. The lowest BCUT2D eigenvalue weighted by molar-refractivity contribution is -0.151. The number of benzene rings is 2. The first-order valence-corrected chi connectivity index (χ1v) is 26.0. The fourth-order valence-electron chi connectivity index (χ4n) is 14.2. The van der Waals surface area contributed by atoms with E-state index in [4.69, 9.17) is 9.47 Å². The molecule has 0 unspecified atom stereocenters. The molecule has 2 N–H and O–H groups in total. The summed E-state index contributed by atoms with van der Waals surface area (Å²) in [5.74, 6) is 0.496. The van der Waals surface area contributed by atoms with E-state index in [0.717, 1.165) is 102 Å². The van der Waals surface area contributed by atoms with Crippen LogP contribution in [0.15, 0.2) is 48.5 Å². The third kappa shape index (κ3) is 8.69. The quantitative estimate of drug-likeness (QED) is 0.281. The molecule has 12 rings (SSSR count). The van der Waals surface area contributed by atoms with Gasteiger partial charge in [-0.15, -0.1) is 0 Å². The Morgan fingerprint density at radius 1 is 0.500 bits per heavy atom. The Hall–Kier alpha value is -3.00. The van der Waals surface area contributed by atoms with Crippen LogP contribution in [0.3, 0.4) is 0 Å². The number of ether oxygens (including phenoxy) is 2. The summed E-state index contributed by atoms with van der Waals surface area (Å²) in [5, 5.41) is 22.7. The molecule has 360 valence electrons. The van der Waals surface area contributed by atoms with Gasteiger partial charge in [0.05, 0.1) is 11.2 Å². The molecule has 2 atom stereocenters. The third-order valence-corrected chi connectivity index (χ3v) is 18.7. The van der Waals surface area contributed by atoms with Gasteiger partial charge in [-0.1, -0.05) is 48.5 Å². The SMILES string of the molecule is O=C(N1CC2(CC[C@@H](N3CCC(c4ccccc4C4(O)CCOCC4)CC3)C2)C1)C1(F)CC1.O=C(N1CC2(CC[C@H](N3CCC(c4ccccc4C4(O)CCOCC4)CC3)C2)C1)C1(F)CC1. The van der Waals surface area contributed by atoms with Gasteiger partial charge >= 0.3 is 0 Å². The van der Waals surface area contributed by atoms with E-state index in [0.29, 0.717) is 102 Å². The Morgan fingerprint density at radius 3 is 1.20 bits per heavy atom. The van der Waals surface area contributed by atoms with Gasteiger partial charge in [0.2, 0.25) is 0 Å². The van der Waals surface area contributed by atoms with E-state index < -0.39 is 22.5 Å². The van der Waals surface area contributed by atoms with Crippen molar-refractivity contribution in [1.82, 2.24) is 19.6 Å². The summed E-state index contributed by atoms with van der Waals surface area (Å²) in [5.41, 5.74) is 0.828. The number of rotatable bonds is 8. The summed E-state index contributed by atoms with van der Waals surface area (Å²) in [6.45, 7) is 9.94. The minimum atomic E-state index is -1.52. The van der Waals surface area contributed by atoms with Crippen LogP contribution in [0.1, 0.15) is 150 Å². The normalized spacial score (nSPS) is 30.8. The van der Waals surface area contributed by atoms with E-state index in [9.17, 15) is 28.6 Å². The zero-order valence-corrected chi connectivity index (χ0v) is 39.2. The van der Waals surface area contributed by atoms with Gasteiger partial charge in [0, 0.05) is 101 Å². The molecule has 2 amide bonds. The van der Waals surface area contributed by atoms with Gasteiger partial charge in [-0.05, 0) is 150 Å². The molecule has 4 aliphatic carbocycles. The van der Waals surface area contributed by atoms with Crippen LogP contribution in [0, 0.1) is 10.8 Å².